The molecular formula is C14H16F2N2O2. The van der Waals surface area contributed by atoms with Gasteiger partial charge in [0.1, 0.15) is 0 Å². The van der Waals surface area contributed by atoms with Crippen LogP contribution in [0.5, 0.6) is 0 Å². The van der Waals surface area contributed by atoms with Gasteiger partial charge in [-0.05, 0) is 17.4 Å². The lowest BCUT2D eigenvalue weighted by Gasteiger charge is -2.26. The van der Waals surface area contributed by atoms with Crippen molar-refractivity contribution >= 4 is 11.8 Å². The molecule has 0 saturated carbocycles. The summed E-state index contributed by atoms with van der Waals surface area (Å²) in [6, 6.07) is 1.08. The maximum atomic E-state index is 13.6. The van der Waals surface area contributed by atoms with Gasteiger partial charge in [-0.3, -0.25) is 14.5 Å². The third-order valence-electron chi connectivity index (χ3n) is 3.67. The van der Waals surface area contributed by atoms with Gasteiger partial charge in [0.2, 0.25) is 11.9 Å². The van der Waals surface area contributed by atoms with E-state index in [0.29, 0.717) is 0 Å². The van der Waals surface area contributed by atoms with Gasteiger partial charge in [0, 0.05) is 19.2 Å². The standard InChI is InChI=1S/C14H16F2N2O2/c1-14(2,3)8-6-10(19)18(7-8)13(20)9-4-5-17-12(16)11(9)15/h4-5,8H,6-7H2,1-3H3. The highest BCUT2D eigenvalue weighted by atomic mass is 19.2. The van der Waals surface area contributed by atoms with Crippen molar-refractivity contribution in [1.82, 2.24) is 9.88 Å². The van der Waals surface area contributed by atoms with Gasteiger partial charge in [0.05, 0.1) is 5.56 Å². The fourth-order valence-electron chi connectivity index (χ4n) is 2.21. The highest BCUT2D eigenvalue weighted by Gasteiger charge is 2.40. The Balaban J connectivity index is 2.26. The summed E-state index contributed by atoms with van der Waals surface area (Å²) in [5.74, 6) is -3.81. The van der Waals surface area contributed by atoms with Crippen LogP contribution in [0.2, 0.25) is 0 Å². The second kappa shape index (κ2) is 4.92. The minimum atomic E-state index is -1.34. The van der Waals surface area contributed by atoms with Crippen LogP contribution in [0.3, 0.4) is 0 Å². The molecule has 1 fully saturated rings. The molecule has 0 aliphatic carbocycles. The van der Waals surface area contributed by atoms with Crippen LogP contribution in [0.25, 0.3) is 0 Å². The van der Waals surface area contributed by atoms with Crippen LogP contribution in [0.1, 0.15) is 37.6 Å². The maximum absolute atomic E-state index is 13.6. The summed E-state index contributed by atoms with van der Waals surface area (Å²) in [4.78, 5) is 28.2. The molecule has 0 N–H and O–H groups in total. The molecule has 1 aliphatic rings. The Morgan fingerprint density at radius 3 is 2.60 bits per heavy atom. The van der Waals surface area contributed by atoms with Crippen LogP contribution < -0.4 is 0 Å². The van der Waals surface area contributed by atoms with Gasteiger partial charge in [-0.2, -0.15) is 4.39 Å². The summed E-state index contributed by atoms with van der Waals surface area (Å²) in [6.45, 7) is 6.16. The van der Waals surface area contributed by atoms with Crippen molar-refractivity contribution in [3.63, 3.8) is 0 Å². The number of carbonyl (C=O) groups is 2. The molecule has 108 valence electrons. The van der Waals surface area contributed by atoms with Crippen molar-refractivity contribution < 1.29 is 18.4 Å². The van der Waals surface area contributed by atoms with Gasteiger partial charge in [-0.1, -0.05) is 20.8 Å². The number of amides is 2. The van der Waals surface area contributed by atoms with E-state index < -0.39 is 23.2 Å². The lowest BCUT2D eigenvalue weighted by Crippen LogP contribution is -2.34. The molecule has 0 aromatic carbocycles. The largest absolute Gasteiger partial charge is 0.278 e. The first kappa shape index (κ1) is 14.6. The quantitative estimate of drug-likeness (QED) is 0.587. The number of rotatable bonds is 1. The zero-order chi connectivity index (χ0) is 15.1. The van der Waals surface area contributed by atoms with E-state index in [4.69, 9.17) is 0 Å². The van der Waals surface area contributed by atoms with Crippen LogP contribution in [0, 0.1) is 23.1 Å². The lowest BCUT2D eigenvalue weighted by molar-refractivity contribution is -0.125. The zero-order valence-corrected chi connectivity index (χ0v) is 11.6. The lowest BCUT2D eigenvalue weighted by atomic mass is 9.80. The molecule has 6 heteroatoms. The number of halogens is 2. The number of pyridine rings is 1. The van der Waals surface area contributed by atoms with Crippen molar-refractivity contribution in [2.45, 2.75) is 27.2 Å². The molecule has 0 bridgehead atoms. The highest BCUT2D eigenvalue weighted by Crippen LogP contribution is 2.34. The van der Waals surface area contributed by atoms with Crippen LogP contribution in [-0.4, -0.2) is 28.2 Å². The van der Waals surface area contributed by atoms with E-state index in [1.54, 1.807) is 0 Å². The Morgan fingerprint density at radius 2 is 2.05 bits per heavy atom. The molecule has 1 aromatic rings. The SMILES string of the molecule is CC(C)(C)C1CC(=O)N(C(=O)c2ccnc(F)c2F)C1. The second-order valence-corrected chi connectivity index (χ2v) is 6.04. The molecular weight excluding hydrogens is 266 g/mol. The van der Waals surface area contributed by atoms with E-state index in [-0.39, 0.29) is 30.2 Å². The fraction of sp³-hybridized carbons (Fsp3) is 0.500. The number of carbonyl (C=O) groups excluding carboxylic acids is 2. The van der Waals surface area contributed by atoms with Gasteiger partial charge in [0.15, 0.2) is 5.82 Å². The predicted octanol–water partition coefficient (Wildman–Crippen LogP) is 2.39. The third-order valence-corrected chi connectivity index (χ3v) is 3.67. The van der Waals surface area contributed by atoms with Gasteiger partial charge in [-0.25, -0.2) is 9.37 Å². The Labute approximate surface area is 115 Å². The molecule has 2 amide bonds. The minimum absolute atomic E-state index is 0.00805. The molecule has 2 heterocycles. The molecule has 1 unspecified atom stereocenters. The van der Waals surface area contributed by atoms with E-state index in [1.165, 1.54) is 0 Å². The number of nitrogens with zero attached hydrogens (tertiary/aromatic N) is 2. The van der Waals surface area contributed by atoms with Gasteiger partial charge in [0.25, 0.3) is 5.91 Å². The van der Waals surface area contributed by atoms with Gasteiger partial charge < -0.3 is 0 Å². The summed E-state index contributed by atoms with van der Waals surface area (Å²) in [6.07, 6.45) is 1.25. The van der Waals surface area contributed by atoms with Gasteiger partial charge in [-0.15, -0.1) is 0 Å². The summed E-state index contributed by atoms with van der Waals surface area (Å²) >= 11 is 0. The first-order valence-corrected chi connectivity index (χ1v) is 6.36. The molecule has 4 nitrogen and oxygen atoms in total. The van der Waals surface area contributed by atoms with Crippen LogP contribution in [0.15, 0.2) is 12.3 Å². The Morgan fingerprint density at radius 1 is 1.40 bits per heavy atom. The van der Waals surface area contributed by atoms with E-state index in [0.717, 1.165) is 17.2 Å². The third kappa shape index (κ3) is 2.55. The molecule has 1 aliphatic heterocycles. The normalized spacial score (nSPS) is 19.6. The van der Waals surface area contributed by atoms with Crippen molar-refractivity contribution in [2.24, 2.45) is 11.3 Å². The predicted molar refractivity (Wildman–Crippen MR) is 67.8 cm³/mol. The fourth-order valence-corrected chi connectivity index (χ4v) is 2.21. The van der Waals surface area contributed by atoms with Crippen molar-refractivity contribution in [1.29, 1.82) is 0 Å². The van der Waals surface area contributed by atoms with E-state index in [1.807, 2.05) is 20.8 Å². The molecule has 20 heavy (non-hydrogen) atoms. The molecule has 0 radical (unpaired) electrons. The number of imide groups is 1. The number of aromatic nitrogens is 1. The average molecular weight is 282 g/mol. The summed E-state index contributed by atoms with van der Waals surface area (Å²) < 4.78 is 26.6. The van der Waals surface area contributed by atoms with Crippen LogP contribution in [-0.2, 0) is 4.79 Å². The van der Waals surface area contributed by atoms with Crippen LogP contribution >= 0.6 is 0 Å². The Hall–Kier alpha value is -1.85. The van der Waals surface area contributed by atoms with Gasteiger partial charge >= 0.3 is 0 Å². The monoisotopic (exact) mass is 282 g/mol. The maximum Gasteiger partial charge on any atom is 0.263 e. The van der Waals surface area contributed by atoms with Crippen molar-refractivity contribution in [3.8, 4) is 0 Å². The Kier molecular flexibility index (Phi) is 3.58. The van der Waals surface area contributed by atoms with E-state index >= 15 is 0 Å². The van der Waals surface area contributed by atoms with E-state index in [9.17, 15) is 18.4 Å². The summed E-state index contributed by atoms with van der Waals surface area (Å²) in [7, 11) is 0. The molecule has 1 saturated heterocycles. The number of hydrogen-bond acceptors (Lipinski definition) is 3. The molecule has 0 spiro atoms. The van der Waals surface area contributed by atoms with Crippen molar-refractivity contribution in [3.05, 3.63) is 29.6 Å². The average Bonchev–Trinajstić information content (AvgIpc) is 2.74. The molecule has 2 rings (SSSR count). The molecule has 1 aromatic heterocycles. The topological polar surface area (TPSA) is 50.3 Å². The zero-order valence-electron chi connectivity index (χ0n) is 11.6. The first-order chi connectivity index (χ1) is 9.21. The summed E-state index contributed by atoms with van der Waals surface area (Å²) in [5, 5.41) is 0. The highest BCUT2D eigenvalue weighted by molar-refractivity contribution is 6.05. The molecule has 1 atom stereocenters. The number of hydrogen-bond donors (Lipinski definition) is 0. The minimum Gasteiger partial charge on any atom is -0.278 e. The van der Waals surface area contributed by atoms with E-state index in [2.05, 4.69) is 4.98 Å². The second-order valence-electron chi connectivity index (χ2n) is 6.04. The first-order valence-electron chi connectivity index (χ1n) is 6.36. The summed E-state index contributed by atoms with van der Waals surface area (Å²) in [5.41, 5.74) is -0.590. The van der Waals surface area contributed by atoms with Crippen LogP contribution in [0.4, 0.5) is 8.78 Å². The smallest absolute Gasteiger partial charge is 0.263 e. The Bertz CT molecular complexity index is 567. The van der Waals surface area contributed by atoms with Crippen molar-refractivity contribution in [2.75, 3.05) is 6.54 Å². The number of likely N-dealkylation sites (tertiary alicyclic amines) is 1.